The third-order valence-corrected chi connectivity index (χ3v) is 5.95. The number of thiophene rings is 1. The van der Waals surface area contributed by atoms with Gasteiger partial charge in [0.15, 0.2) is 0 Å². The second-order valence-electron chi connectivity index (χ2n) is 4.78. The van der Waals surface area contributed by atoms with E-state index in [1.54, 1.807) is 0 Å². The molecule has 1 aromatic carbocycles. The fourth-order valence-corrected chi connectivity index (χ4v) is 4.18. The number of rotatable bonds is 5. The van der Waals surface area contributed by atoms with Crippen LogP contribution in [0.3, 0.4) is 0 Å². The Morgan fingerprint density at radius 3 is 2.43 bits per heavy atom. The minimum absolute atomic E-state index is 0.0756. The van der Waals surface area contributed by atoms with Crippen molar-refractivity contribution >= 4 is 21.4 Å². The van der Waals surface area contributed by atoms with Crippen LogP contribution in [0.1, 0.15) is 10.4 Å². The molecule has 0 unspecified atom stereocenters. The summed E-state index contributed by atoms with van der Waals surface area (Å²) in [5, 5.41) is 1.83. The monoisotopic (exact) mass is 365 g/mol. The smallest absolute Gasteiger partial charge is 0.404 e. The molecule has 0 fully saturated rings. The maximum absolute atomic E-state index is 12.6. The minimum Gasteiger partial charge on any atom is -0.404 e. The topological polar surface area (TPSA) is 46.6 Å². The molecule has 0 aliphatic rings. The highest BCUT2D eigenvalue weighted by molar-refractivity contribution is 7.89. The number of para-hydroxylation sites is 1. The van der Waals surface area contributed by atoms with Crippen molar-refractivity contribution in [1.29, 1.82) is 0 Å². The van der Waals surface area contributed by atoms with Gasteiger partial charge in [0.2, 0.25) is 10.0 Å². The summed E-state index contributed by atoms with van der Waals surface area (Å²) in [6, 6.07) is 6.55. The Morgan fingerprint density at radius 2 is 1.87 bits per heavy atom. The van der Waals surface area contributed by atoms with E-state index in [2.05, 4.69) is 4.74 Å². The van der Waals surface area contributed by atoms with Crippen LogP contribution < -0.4 is 4.74 Å². The summed E-state index contributed by atoms with van der Waals surface area (Å²) in [5.41, 5.74) is 0.928. The van der Waals surface area contributed by atoms with Gasteiger partial charge < -0.3 is 4.74 Å². The van der Waals surface area contributed by atoms with Crippen molar-refractivity contribution in [1.82, 2.24) is 4.31 Å². The van der Waals surface area contributed by atoms with Crippen LogP contribution in [0.2, 0.25) is 0 Å². The molecule has 0 N–H and O–H groups in total. The lowest BCUT2D eigenvalue weighted by Crippen LogP contribution is -2.28. The summed E-state index contributed by atoms with van der Waals surface area (Å²) < 4.78 is 67.3. The second kappa shape index (κ2) is 6.50. The molecule has 0 amide bonds. The average Bonchev–Trinajstić information content (AvgIpc) is 2.83. The Balaban J connectivity index is 2.34. The third kappa shape index (κ3) is 4.24. The molecule has 0 bridgehead atoms. The van der Waals surface area contributed by atoms with Crippen molar-refractivity contribution in [2.75, 3.05) is 7.05 Å². The lowest BCUT2D eigenvalue weighted by Gasteiger charge is -2.19. The van der Waals surface area contributed by atoms with E-state index in [1.807, 2.05) is 18.4 Å². The van der Waals surface area contributed by atoms with Crippen molar-refractivity contribution in [2.45, 2.75) is 24.7 Å². The molecule has 0 saturated carbocycles. The summed E-state index contributed by atoms with van der Waals surface area (Å²) in [5.74, 6) is -0.741. The van der Waals surface area contributed by atoms with Crippen LogP contribution in [0.5, 0.6) is 5.75 Å². The highest BCUT2D eigenvalue weighted by Gasteiger charge is 2.35. The van der Waals surface area contributed by atoms with E-state index in [-0.39, 0.29) is 6.54 Å². The predicted molar refractivity (Wildman–Crippen MR) is 80.8 cm³/mol. The number of hydrogen-bond acceptors (Lipinski definition) is 4. The van der Waals surface area contributed by atoms with Gasteiger partial charge in [-0.3, -0.25) is 0 Å². The Labute approximate surface area is 136 Å². The predicted octanol–water partition coefficient (Wildman–Crippen LogP) is 3.78. The van der Waals surface area contributed by atoms with Crippen LogP contribution in [-0.4, -0.2) is 26.1 Å². The third-order valence-electron chi connectivity index (χ3n) is 3.10. The lowest BCUT2D eigenvalue weighted by atomic mass is 10.3. The van der Waals surface area contributed by atoms with Gasteiger partial charge >= 0.3 is 6.36 Å². The van der Waals surface area contributed by atoms with E-state index in [4.69, 9.17) is 0 Å². The van der Waals surface area contributed by atoms with Crippen molar-refractivity contribution in [3.63, 3.8) is 0 Å². The molecule has 126 valence electrons. The normalized spacial score (nSPS) is 12.6. The van der Waals surface area contributed by atoms with E-state index >= 15 is 0 Å². The molecule has 0 atom stereocenters. The molecule has 1 heterocycles. The summed E-state index contributed by atoms with van der Waals surface area (Å²) in [7, 11) is -2.80. The standard InChI is InChI=1S/C14H14F3NO3S2/c1-10-7-8-22-12(10)9-18(2)23(19,20)13-6-4-3-5-11(13)21-14(15,16)17/h3-8H,9H2,1-2H3. The number of halogens is 3. The number of hydrogen-bond donors (Lipinski definition) is 0. The summed E-state index contributed by atoms with van der Waals surface area (Å²) in [6.07, 6.45) is -4.96. The van der Waals surface area contributed by atoms with Gasteiger partial charge in [0.05, 0.1) is 0 Å². The number of benzene rings is 1. The molecule has 0 saturated heterocycles. The highest BCUT2D eigenvalue weighted by atomic mass is 32.2. The molecule has 0 radical (unpaired) electrons. The number of nitrogens with zero attached hydrogens (tertiary/aromatic N) is 1. The molecule has 2 rings (SSSR count). The zero-order valence-electron chi connectivity index (χ0n) is 12.3. The van der Waals surface area contributed by atoms with Gasteiger partial charge in [-0.25, -0.2) is 8.42 Å². The number of ether oxygens (including phenoxy) is 1. The molecule has 0 spiro atoms. The highest BCUT2D eigenvalue weighted by Crippen LogP contribution is 2.31. The van der Waals surface area contributed by atoms with E-state index in [1.165, 1.54) is 30.5 Å². The zero-order valence-corrected chi connectivity index (χ0v) is 13.9. The van der Waals surface area contributed by atoms with Crippen molar-refractivity contribution < 1.29 is 26.3 Å². The molecular formula is C14H14F3NO3S2. The second-order valence-corrected chi connectivity index (χ2v) is 7.80. The molecular weight excluding hydrogens is 351 g/mol. The SMILES string of the molecule is Cc1ccsc1CN(C)S(=O)(=O)c1ccccc1OC(F)(F)F. The largest absolute Gasteiger partial charge is 0.573 e. The molecule has 4 nitrogen and oxygen atoms in total. The van der Waals surface area contributed by atoms with E-state index in [0.29, 0.717) is 0 Å². The van der Waals surface area contributed by atoms with Crippen LogP contribution >= 0.6 is 11.3 Å². The molecule has 0 aliphatic carbocycles. The summed E-state index contributed by atoms with van der Waals surface area (Å²) in [4.78, 5) is 0.305. The molecule has 1 aromatic heterocycles. The molecule has 2 aromatic rings. The van der Waals surface area contributed by atoms with Crippen LogP contribution in [0.25, 0.3) is 0 Å². The van der Waals surface area contributed by atoms with Gasteiger partial charge in [0, 0.05) is 18.5 Å². The maximum Gasteiger partial charge on any atom is 0.573 e. The fraction of sp³-hybridized carbons (Fsp3) is 0.286. The van der Waals surface area contributed by atoms with Gasteiger partial charge in [-0.05, 0) is 36.1 Å². The van der Waals surface area contributed by atoms with Gasteiger partial charge in [-0.1, -0.05) is 12.1 Å². The number of sulfonamides is 1. The zero-order chi connectivity index (χ0) is 17.3. The number of aryl methyl sites for hydroxylation is 1. The van der Waals surface area contributed by atoms with Gasteiger partial charge in [-0.15, -0.1) is 24.5 Å². The van der Waals surface area contributed by atoms with E-state index in [0.717, 1.165) is 26.9 Å². The Morgan fingerprint density at radius 1 is 1.22 bits per heavy atom. The van der Waals surface area contributed by atoms with Crippen molar-refractivity contribution in [3.8, 4) is 5.75 Å². The maximum atomic E-state index is 12.6. The van der Waals surface area contributed by atoms with Crippen LogP contribution in [0.4, 0.5) is 13.2 Å². The minimum atomic E-state index is -4.96. The van der Waals surface area contributed by atoms with Gasteiger partial charge in [0.1, 0.15) is 10.6 Å². The Hall–Kier alpha value is -1.58. The Bertz CT molecular complexity index is 785. The first-order chi connectivity index (χ1) is 10.6. The fourth-order valence-electron chi connectivity index (χ4n) is 1.89. The molecule has 23 heavy (non-hydrogen) atoms. The first-order valence-electron chi connectivity index (χ1n) is 6.45. The summed E-state index contributed by atoms with van der Waals surface area (Å²) in [6.45, 7) is 1.92. The number of alkyl halides is 3. The first kappa shape index (κ1) is 17.8. The molecule has 9 heteroatoms. The van der Waals surface area contributed by atoms with Crippen molar-refractivity contribution in [2.24, 2.45) is 0 Å². The van der Waals surface area contributed by atoms with E-state index in [9.17, 15) is 21.6 Å². The van der Waals surface area contributed by atoms with Crippen LogP contribution in [-0.2, 0) is 16.6 Å². The lowest BCUT2D eigenvalue weighted by molar-refractivity contribution is -0.275. The first-order valence-corrected chi connectivity index (χ1v) is 8.77. The van der Waals surface area contributed by atoms with Gasteiger partial charge in [-0.2, -0.15) is 4.31 Å². The quantitative estimate of drug-likeness (QED) is 0.810. The summed E-state index contributed by atoms with van der Waals surface area (Å²) >= 11 is 1.39. The van der Waals surface area contributed by atoms with Gasteiger partial charge in [0.25, 0.3) is 0 Å². The van der Waals surface area contributed by atoms with E-state index < -0.39 is 27.0 Å². The average molecular weight is 365 g/mol. The molecule has 0 aliphatic heterocycles. The van der Waals surface area contributed by atoms with Crippen molar-refractivity contribution in [3.05, 3.63) is 46.2 Å². The Kier molecular flexibility index (Phi) is 5.02. The van der Waals surface area contributed by atoms with Crippen LogP contribution in [0.15, 0.2) is 40.6 Å². The van der Waals surface area contributed by atoms with Crippen LogP contribution in [0, 0.1) is 6.92 Å².